The van der Waals surface area contributed by atoms with Gasteiger partial charge in [-0.15, -0.1) is 0 Å². The summed E-state index contributed by atoms with van der Waals surface area (Å²) in [6.45, 7) is 0. The second-order valence-corrected chi connectivity index (χ2v) is 4.86. The highest BCUT2D eigenvalue weighted by atomic mass is 79.9. The summed E-state index contributed by atoms with van der Waals surface area (Å²) in [7, 11) is 0. The van der Waals surface area contributed by atoms with Gasteiger partial charge in [-0.2, -0.15) is 13.2 Å². The fourth-order valence-corrected chi connectivity index (χ4v) is 2.10. The van der Waals surface area contributed by atoms with Crippen molar-refractivity contribution in [3.63, 3.8) is 0 Å². The van der Waals surface area contributed by atoms with Crippen molar-refractivity contribution in [1.82, 2.24) is 0 Å². The van der Waals surface area contributed by atoms with E-state index in [2.05, 4.69) is 15.9 Å². The molecule has 0 amide bonds. The Bertz CT molecular complexity index is 664. The Morgan fingerprint density at radius 3 is 2.30 bits per heavy atom. The Kier molecular flexibility index (Phi) is 3.94. The molecule has 2 aromatic carbocycles. The van der Waals surface area contributed by atoms with Gasteiger partial charge in [0.25, 0.3) is 0 Å². The fraction of sp³-hybridized carbons (Fsp3) is 0.0714. The van der Waals surface area contributed by atoms with Gasteiger partial charge in [-0.1, -0.05) is 18.2 Å². The van der Waals surface area contributed by atoms with Crippen LogP contribution >= 0.6 is 15.9 Å². The molecule has 0 heterocycles. The molecule has 0 unspecified atom stereocenters. The van der Waals surface area contributed by atoms with Crippen molar-refractivity contribution in [2.45, 2.75) is 6.18 Å². The zero-order valence-corrected chi connectivity index (χ0v) is 11.4. The lowest BCUT2D eigenvalue weighted by Crippen LogP contribution is -2.13. The van der Waals surface area contributed by atoms with Crippen LogP contribution in [0.25, 0.3) is 0 Å². The van der Waals surface area contributed by atoms with Crippen molar-refractivity contribution >= 4 is 21.7 Å². The Morgan fingerprint density at radius 2 is 1.70 bits per heavy atom. The second-order valence-electron chi connectivity index (χ2n) is 4.00. The third-order valence-corrected chi connectivity index (χ3v) is 3.27. The molecule has 0 aromatic heterocycles. The molecule has 0 spiro atoms. The number of hydrogen-bond donors (Lipinski definition) is 0. The topological polar surface area (TPSA) is 17.1 Å². The first-order valence-corrected chi connectivity index (χ1v) is 6.26. The highest BCUT2D eigenvalue weighted by molar-refractivity contribution is 9.10. The van der Waals surface area contributed by atoms with Gasteiger partial charge < -0.3 is 0 Å². The van der Waals surface area contributed by atoms with Crippen molar-refractivity contribution in [2.75, 3.05) is 0 Å². The zero-order chi connectivity index (χ0) is 14.9. The summed E-state index contributed by atoms with van der Waals surface area (Å²) in [5, 5.41) is 0. The molecule has 2 aromatic rings. The molecule has 0 fully saturated rings. The van der Waals surface area contributed by atoms with Gasteiger partial charge in [0.15, 0.2) is 5.78 Å². The van der Waals surface area contributed by atoms with Crippen LogP contribution in [0.5, 0.6) is 0 Å². The normalized spacial score (nSPS) is 11.4. The molecule has 0 atom stereocenters. The molecule has 0 bridgehead atoms. The Hall–Kier alpha value is -1.69. The van der Waals surface area contributed by atoms with E-state index < -0.39 is 28.9 Å². The molecule has 104 valence electrons. The summed E-state index contributed by atoms with van der Waals surface area (Å²) in [5.41, 5.74) is -1.49. The molecule has 20 heavy (non-hydrogen) atoms. The smallest absolute Gasteiger partial charge is 0.289 e. The van der Waals surface area contributed by atoms with Gasteiger partial charge in [0, 0.05) is 11.1 Å². The van der Waals surface area contributed by atoms with Crippen molar-refractivity contribution in [3.8, 4) is 0 Å². The van der Waals surface area contributed by atoms with Gasteiger partial charge in [-0.25, -0.2) is 4.39 Å². The minimum Gasteiger partial charge on any atom is -0.289 e. The molecule has 0 radical (unpaired) electrons. The monoisotopic (exact) mass is 346 g/mol. The molecule has 0 aliphatic rings. The number of hydrogen-bond acceptors (Lipinski definition) is 1. The predicted molar refractivity (Wildman–Crippen MR) is 69.0 cm³/mol. The SMILES string of the molecule is O=C(c1ccc(F)c(Br)c1)c1ccccc1C(F)(F)F. The lowest BCUT2D eigenvalue weighted by Gasteiger charge is -2.12. The average molecular weight is 347 g/mol. The summed E-state index contributed by atoms with van der Waals surface area (Å²) < 4.78 is 51.7. The minimum absolute atomic E-state index is 0.0185. The minimum atomic E-state index is -4.62. The number of halogens is 5. The first kappa shape index (κ1) is 14.7. The van der Waals surface area contributed by atoms with Crippen molar-refractivity contribution < 1.29 is 22.4 Å². The predicted octanol–water partition coefficient (Wildman–Crippen LogP) is 4.84. The Balaban J connectivity index is 2.51. The zero-order valence-electron chi connectivity index (χ0n) is 9.84. The summed E-state index contributed by atoms with van der Waals surface area (Å²) in [5.74, 6) is -1.40. The molecular formula is C14H7BrF4O. The summed E-state index contributed by atoms with van der Waals surface area (Å²) in [4.78, 5) is 12.1. The number of carbonyl (C=O) groups excluding carboxylic acids is 1. The molecule has 0 aliphatic heterocycles. The van der Waals surface area contributed by atoms with Gasteiger partial charge in [0.05, 0.1) is 10.0 Å². The van der Waals surface area contributed by atoms with E-state index in [0.717, 1.165) is 30.3 Å². The van der Waals surface area contributed by atoms with Crippen molar-refractivity contribution in [2.24, 2.45) is 0 Å². The van der Waals surface area contributed by atoms with Crippen molar-refractivity contribution in [3.05, 3.63) is 69.4 Å². The van der Waals surface area contributed by atoms with Crippen LogP contribution in [0.3, 0.4) is 0 Å². The lowest BCUT2D eigenvalue weighted by atomic mass is 9.98. The summed E-state index contributed by atoms with van der Waals surface area (Å²) >= 11 is 2.90. The van der Waals surface area contributed by atoms with Crippen LogP contribution < -0.4 is 0 Å². The maximum absolute atomic E-state index is 13.1. The van der Waals surface area contributed by atoms with Crippen LogP contribution in [0.2, 0.25) is 0 Å². The first-order valence-electron chi connectivity index (χ1n) is 5.46. The number of rotatable bonds is 2. The van der Waals surface area contributed by atoms with E-state index >= 15 is 0 Å². The third-order valence-electron chi connectivity index (χ3n) is 2.66. The molecule has 0 saturated heterocycles. The molecule has 2 rings (SSSR count). The van der Waals surface area contributed by atoms with Gasteiger partial charge in [0.2, 0.25) is 0 Å². The van der Waals surface area contributed by atoms with Gasteiger partial charge in [0.1, 0.15) is 5.82 Å². The second kappa shape index (κ2) is 5.36. The maximum atomic E-state index is 13.1. The van der Waals surface area contributed by atoms with Crippen LogP contribution in [-0.2, 0) is 6.18 Å². The molecule has 6 heteroatoms. The van der Waals surface area contributed by atoms with Crippen LogP contribution in [0.4, 0.5) is 17.6 Å². The number of alkyl halides is 3. The van der Waals surface area contributed by atoms with Gasteiger partial charge >= 0.3 is 6.18 Å². The third kappa shape index (κ3) is 2.90. The average Bonchev–Trinajstić information content (AvgIpc) is 2.40. The van der Waals surface area contributed by atoms with Gasteiger partial charge in [-0.3, -0.25) is 4.79 Å². The van der Waals surface area contributed by atoms with Crippen LogP contribution in [-0.4, -0.2) is 5.78 Å². The number of benzene rings is 2. The van der Waals surface area contributed by atoms with Crippen LogP contribution in [0, 0.1) is 5.82 Å². The standard InChI is InChI=1S/C14H7BrF4O/c15-11-7-8(5-6-12(11)16)13(20)9-3-1-2-4-10(9)14(17,18)19/h1-7H. The molecule has 1 nitrogen and oxygen atoms in total. The quantitative estimate of drug-likeness (QED) is 0.561. The molecule has 0 N–H and O–H groups in total. The number of carbonyl (C=O) groups is 1. The Labute approximate surface area is 120 Å². The van der Waals surface area contributed by atoms with E-state index in [9.17, 15) is 22.4 Å². The molecular weight excluding hydrogens is 340 g/mol. The van der Waals surface area contributed by atoms with E-state index in [1.165, 1.54) is 12.1 Å². The number of ketones is 1. The summed E-state index contributed by atoms with van der Waals surface area (Å²) in [6.07, 6.45) is -4.62. The van der Waals surface area contributed by atoms with Crippen LogP contribution in [0.1, 0.15) is 21.5 Å². The summed E-state index contributed by atoms with van der Waals surface area (Å²) in [6, 6.07) is 7.82. The van der Waals surface area contributed by atoms with E-state index in [1.54, 1.807) is 0 Å². The van der Waals surface area contributed by atoms with Crippen molar-refractivity contribution in [1.29, 1.82) is 0 Å². The Morgan fingerprint density at radius 1 is 1.05 bits per heavy atom. The lowest BCUT2D eigenvalue weighted by molar-refractivity contribution is -0.137. The van der Waals surface area contributed by atoms with Crippen LogP contribution in [0.15, 0.2) is 46.9 Å². The fourth-order valence-electron chi connectivity index (χ4n) is 1.72. The van der Waals surface area contributed by atoms with E-state index in [-0.39, 0.29) is 10.0 Å². The molecule has 0 saturated carbocycles. The highest BCUT2D eigenvalue weighted by Gasteiger charge is 2.35. The highest BCUT2D eigenvalue weighted by Crippen LogP contribution is 2.33. The van der Waals surface area contributed by atoms with Gasteiger partial charge in [-0.05, 0) is 40.2 Å². The first-order chi connectivity index (χ1) is 9.30. The van der Waals surface area contributed by atoms with E-state index in [1.807, 2.05) is 0 Å². The largest absolute Gasteiger partial charge is 0.417 e. The van der Waals surface area contributed by atoms with E-state index in [4.69, 9.17) is 0 Å². The molecule has 0 aliphatic carbocycles. The maximum Gasteiger partial charge on any atom is 0.417 e. The van der Waals surface area contributed by atoms with E-state index in [0.29, 0.717) is 0 Å².